The molecule has 1 aromatic rings. The third-order valence-electron chi connectivity index (χ3n) is 6.87. The van der Waals surface area contributed by atoms with Crippen molar-refractivity contribution in [3.8, 4) is 0 Å². The summed E-state index contributed by atoms with van der Waals surface area (Å²) in [6.45, 7) is 3.34. The summed E-state index contributed by atoms with van der Waals surface area (Å²) >= 11 is 0. The molecule has 2 fully saturated rings. The van der Waals surface area contributed by atoms with Gasteiger partial charge >= 0.3 is 24.1 Å². The van der Waals surface area contributed by atoms with Crippen LogP contribution in [0.1, 0.15) is 43.0 Å². The van der Waals surface area contributed by atoms with Gasteiger partial charge in [-0.2, -0.15) is 23.0 Å². The average Bonchev–Trinajstić information content (AvgIpc) is 3.89. The Morgan fingerprint density at radius 3 is 2.45 bits per heavy atom. The Morgan fingerprint density at radius 2 is 1.88 bits per heavy atom. The summed E-state index contributed by atoms with van der Waals surface area (Å²) in [4.78, 5) is 62.8. The zero-order valence-corrected chi connectivity index (χ0v) is 27.5. The maximum atomic E-state index is 13.8. The minimum absolute atomic E-state index is 0.00459. The number of morpholine rings is 1. The van der Waals surface area contributed by atoms with Crippen LogP contribution in [-0.4, -0.2) is 130 Å². The van der Waals surface area contributed by atoms with Crippen LogP contribution in [0.25, 0.3) is 0 Å². The number of ether oxygens (including phenoxy) is 3. The Hall–Kier alpha value is -4.50. The van der Waals surface area contributed by atoms with Crippen LogP contribution >= 0.6 is 0 Å². The number of carboxylic acids is 1. The van der Waals surface area contributed by atoms with E-state index in [1.54, 1.807) is 6.92 Å². The molecule has 1 heterocycles. The first-order chi connectivity index (χ1) is 23.0. The van der Waals surface area contributed by atoms with Gasteiger partial charge in [0.05, 0.1) is 49.7 Å². The predicted octanol–water partition coefficient (Wildman–Crippen LogP) is -0.193. The third kappa shape index (κ3) is 13.5. The van der Waals surface area contributed by atoms with E-state index in [0.29, 0.717) is 32.5 Å². The summed E-state index contributed by atoms with van der Waals surface area (Å²) in [6, 6.07) is 3.64. The van der Waals surface area contributed by atoms with Gasteiger partial charge in [0.2, 0.25) is 21.8 Å². The molecular formula is C28H39F3N6O11S. The second-order valence-electron chi connectivity index (χ2n) is 10.5. The highest BCUT2D eigenvalue weighted by molar-refractivity contribution is 7.89. The summed E-state index contributed by atoms with van der Waals surface area (Å²) < 4.78 is 76.4. The fourth-order valence-electron chi connectivity index (χ4n) is 4.46. The van der Waals surface area contributed by atoms with Crippen LogP contribution in [0.3, 0.4) is 0 Å². The highest BCUT2D eigenvalue weighted by Gasteiger charge is 2.40. The van der Waals surface area contributed by atoms with Crippen molar-refractivity contribution in [3.63, 3.8) is 0 Å². The van der Waals surface area contributed by atoms with Crippen molar-refractivity contribution in [2.75, 3.05) is 46.5 Å². The highest BCUT2D eigenvalue weighted by atomic mass is 32.2. The van der Waals surface area contributed by atoms with Crippen molar-refractivity contribution in [1.82, 2.24) is 19.8 Å². The van der Waals surface area contributed by atoms with Gasteiger partial charge in [0.1, 0.15) is 12.4 Å². The van der Waals surface area contributed by atoms with E-state index in [2.05, 4.69) is 15.1 Å². The number of amides is 2. The summed E-state index contributed by atoms with van der Waals surface area (Å²) in [7, 11) is -3.38. The lowest BCUT2D eigenvalue weighted by atomic mass is 10.1. The van der Waals surface area contributed by atoms with Gasteiger partial charge in [-0.15, -0.1) is 0 Å². The number of hydrogen-bond acceptors (Lipinski definition) is 12. The number of benzene rings is 1. The molecule has 1 unspecified atom stereocenters. The van der Waals surface area contributed by atoms with Gasteiger partial charge in [0.15, 0.2) is 0 Å². The number of esters is 2. The number of sulfonamides is 1. The van der Waals surface area contributed by atoms with Gasteiger partial charge in [0, 0.05) is 32.2 Å². The number of carboxylic acid groups (broad SMARTS) is 1. The molecule has 21 heteroatoms. The van der Waals surface area contributed by atoms with Crippen molar-refractivity contribution >= 4 is 46.1 Å². The van der Waals surface area contributed by atoms with Gasteiger partial charge in [-0.05, 0) is 31.9 Å². The number of nitrogens with one attached hydrogen (secondary N) is 2. The second-order valence-corrected chi connectivity index (χ2v) is 12.2. The van der Waals surface area contributed by atoms with E-state index in [1.807, 2.05) is 4.90 Å². The van der Waals surface area contributed by atoms with E-state index in [-0.39, 0.29) is 43.8 Å². The SMILES string of the molecule is CCOC(=O)CCN(C(=O)C(CC(=O)NC[C@H]1CN(C=NN)CCO1)NS(=O)(=O)c1ccccc1C(=O)OC)C1CC1.O=C(O)C(F)(F)F. The Bertz CT molecular complexity index is 1460. The molecular weight excluding hydrogens is 685 g/mol. The molecule has 5 N–H and O–H groups in total. The van der Waals surface area contributed by atoms with Gasteiger partial charge < -0.3 is 40.3 Å². The smallest absolute Gasteiger partial charge is 0.475 e. The Labute approximate surface area is 279 Å². The van der Waals surface area contributed by atoms with Crippen LogP contribution in [0.5, 0.6) is 0 Å². The minimum atomic E-state index is -5.08. The molecule has 1 aliphatic heterocycles. The number of hydrazone groups is 1. The van der Waals surface area contributed by atoms with E-state index < -0.39 is 63.3 Å². The number of hydrogen-bond donors (Lipinski definition) is 4. The molecule has 1 aliphatic carbocycles. The lowest BCUT2D eigenvalue weighted by molar-refractivity contribution is -0.192. The number of carbonyl (C=O) groups is 5. The van der Waals surface area contributed by atoms with Gasteiger partial charge in [0.25, 0.3) is 0 Å². The lowest BCUT2D eigenvalue weighted by Gasteiger charge is -2.31. The van der Waals surface area contributed by atoms with Gasteiger partial charge in [-0.25, -0.2) is 18.0 Å². The lowest BCUT2D eigenvalue weighted by Crippen LogP contribution is -2.52. The van der Waals surface area contributed by atoms with E-state index in [4.69, 9.17) is 30.0 Å². The second kappa shape index (κ2) is 18.9. The van der Waals surface area contributed by atoms with Crippen LogP contribution in [0.4, 0.5) is 13.2 Å². The highest BCUT2D eigenvalue weighted by Crippen LogP contribution is 2.28. The Balaban J connectivity index is 0.00000107. The normalized spacial score (nSPS) is 16.9. The first kappa shape index (κ1) is 40.7. The first-order valence-electron chi connectivity index (χ1n) is 14.9. The van der Waals surface area contributed by atoms with Crippen LogP contribution in [-0.2, 0) is 43.4 Å². The maximum absolute atomic E-state index is 13.8. The van der Waals surface area contributed by atoms with E-state index in [0.717, 1.165) is 7.11 Å². The molecule has 2 atom stereocenters. The minimum Gasteiger partial charge on any atom is -0.475 e. The maximum Gasteiger partial charge on any atom is 0.490 e. The number of nitrogens with two attached hydrogens (primary N) is 1. The van der Waals surface area contributed by atoms with Crippen molar-refractivity contribution < 1.29 is 64.9 Å². The van der Waals surface area contributed by atoms with Gasteiger partial charge in [-0.3, -0.25) is 14.4 Å². The number of alkyl halides is 3. The molecule has 1 saturated heterocycles. The monoisotopic (exact) mass is 724 g/mol. The van der Waals surface area contributed by atoms with Crippen LogP contribution in [0.2, 0.25) is 0 Å². The summed E-state index contributed by atoms with van der Waals surface area (Å²) in [6.07, 6.45) is -3.28. The summed E-state index contributed by atoms with van der Waals surface area (Å²) in [5, 5.41) is 13.3. The molecule has 17 nitrogen and oxygen atoms in total. The number of aliphatic carboxylic acids is 1. The molecule has 49 heavy (non-hydrogen) atoms. The molecule has 274 valence electrons. The Kier molecular flexibility index (Phi) is 15.7. The third-order valence-corrected chi connectivity index (χ3v) is 8.40. The van der Waals surface area contributed by atoms with E-state index in [1.165, 1.54) is 35.5 Å². The zero-order chi connectivity index (χ0) is 36.8. The molecule has 2 aliphatic rings. The predicted molar refractivity (Wildman–Crippen MR) is 163 cm³/mol. The standard InChI is InChI=1S/C26H38N6O9S.C2HF3O2/c1-3-40-24(34)10-11-32(18-8-9-18)25(35)21(14-23(33)28-15-19-16-31(17-29-27)12-13-41-19)30-42(37,38)22-7-5-4-6-20(22)26(36)39-2;3-2(4,5)1(6)7/h4-7,17-19,21,30H,3,8-16,27H2,1-2H3,(H,28,33);(H,6,7)/t19-,21?;/m0./s1. The van der Waals surface area contributed by atoms with Crippen molar-refractivity contribution in [2.45, 2.75) is 61.9 Å². The molecule has 1 saturated carbocycles. The first-order valence-corrected chi connectivity index (χ1v) is 16.3. The number of methoxy groups -OCH3 is 1. The molecule has 0 bridgehead atoms. The van der Waals surface area contributed by atoms with Crippen molar-refractivity contribution in [2.24, 2.45) is 10.9 Å². The van der Waals surface area contributed by atoms with Crippen molar-refractivity contribution in [1.29, 1.82) is 0 Å². The van der Waals surface area contributed by atoms with Crippen LogP contribution < -0.4 is 15.9 Å². The fourth-order valence-corrected chi connectivity index (χ4v) is 5.85. The summed E-state index contributed by atoms with van der Waals surface area (Å²) in [5.74, 6) is -0.203. The number of carbonyl (C=O) groups excluding carboxylic acids is 4. The van der Waals surface area contributed by atoms with Gasteiger partial charge in [-0.1, -0.05) is 12.1 Å². The molecule has 3 rings (SSSR count). The average molecular weight is 725 g/mol. The molecule has 1 aromatic carbocycles. The molecule has 0 aromatic heterocycles. The number of rotatable bonds is 15. The molecule has 0 radical (unpaired) electrons. The topological polar surface area (TPSA) is 236 Å². The van der Waals surface area contributed by atoms with Crippen LogP contribution in [0, 0.1) is 0 Å². The van der Waals surface area contributed by atoms with E-state index >= 15 is 0 Å². The fraction of sp³-hybridized carbons (Fsp3) is 0.571. The summed E-state index contributed by atoms with van der Waals surface area (Å²) in [5.41, 5.74) is -0.232. The zero-order valence-electron chi connectivity index (χ0n) is 26.7. The van der Waals surface area contributed by atoms with E-state index in [9.17, 15) is 40.8 Å². The molecule has 0 spiro atoms. The van der Waals surface area contributed by atoms with Crippen molar-refractivity contribution in [3.05, 3.63) is 29.8 Å². The largest absolute Gasteiger partial charge is 0.490 e. The Morgan fingerprint density at radius 1 is 1.22 bits per heavy atom. The number of halogens is 3. The molecule has 2 amide bonds. The van der Waals surface area contributed by atoms with Crippen LogP contribution in [0.15, 0.2) is 34.3 Å². The quantitative estimate of drug-likeness (QED) is 0.0604. The number of nitrogens with zero attached hydrogens (tertiary/aromatic N) is 3.